The van der Waals surface area contributed by atoms with Gasteiger partial charge in [0.15, 0.2) is 5.78 Å². The largest absolute Gasteiger partial charge is 0.354 e. The maximum Gasteiger partial charge on any atom is 0.224 e. The number of rotatable bonds is 7. The van der Waals surface area contributed by atoms with Crippen LogP contribution < -0.4 is 5.32 Å². The Labute approximate surface area is 167 Å². The summed E-state index contributed by atoms with van der Waals surface area (Å²) in [6, 6.07) is 1.86. The third-order valence-electron chi connectivity index (χ3n) is 5.43. The molecule has 0 unspecified atom stereocenters. The van der Waals surface area contributed by atoms with Gasteiger partial charge < -0.3 is 9.88 Å². The van der Waals surface area contributed by atoms with Crippen molar-refractivity contribution < 1.29 is 9.59 Å². The molecule has 1 N–H and O–H groups in total. The summed E-state index contributed by atoms with van der Waals surface area (Å²) < 4.78 is 4.07. The van der Waals surface area contributed by atoms with Gasteiger partial charge in [-0.1, -0.05) is 27.7 Å². The number of amides is 1. The molecular formula is C22H32N4O2. The second kappa shape index (κ2) is 7.94. The molecule has 2 aromatic rings. The molecule has 1 aliphatic rings. The first-order valence-electron chi connectivity index (χ1n) is 10.2. The second-order valence-electron chi connectivity index (χ2n) is 9.13. The molecule has 2 heterocycles. The highest BCUT2D eigenvalue weighted by atomic mass is 16.1. The van der Waals surface area contributed by atoms with E-state index in [0.29, 0.717) is 25.4 Å². The van der Waals surface area contributed by atoms with Crippen LogP contribution in [-0.2, 0) is 30.7 Å². The maximum absolute atomic E-state index is 13.0. The first kappa shape index (κ1) is 20.4. The summed E-state index contributed by atoms with van der Waals surface area (Å²) in [5, 5.41) is 7.10. The van der Waals surface area contributed by atoms with Crippen molar-refractivity contribution >= 4 is 11.7 Å². The van der Waals surface area contributed by atoms with Gasteiger partial charge in [-0.15, -0.1) is 0 Å². The fraction of sp³-hybridized carbons (Fsp3) is 0.591. The van der Waals surface area contributed by atoms with Crippen LogP contribution in [0.4, 0.5) is 0 Å². The van der Waals surface area contributed by atoms with Crippen LogP contribution >= 0.6 is 0 Å². The van der Waals surface area contributed by atoms with E-state index in [1.165, 1.54) is 0 Å². The second-order valence-corrected chi connectivity index (χ2v) is 9.13. The first-order chi connectivity index (χ1) is 13.2. The molecule has 0 bridgehead atoms. The van der Waals surface area contributed by atoms with Crippen LogP contribution in [-0.4, -0.2) is 32.6 Å². The minimum atomic E-state index is -0.0441. The number of carbonyl (C=O) groups is 2. The van der Waals surface area contributed by atoms with E-state index in [4.69, 9.17) is 0 Å². The average Bonchev–Trinajstić information content (AvgIpc) is 3.16. The smallest absolute Gasteiger partial charge is 0.224 e. The van der Waals surface area contributed by atoms with Gasteiger partial charge >= 0.3 is 0 Å². The molecule has 152 valence electrons. The Hall–Kier alpha value is -2.37. The fourth-order valence-corrected chi connectivity index (χ4v) is 4.20. The highest BCUT2D eigenvalue weighted by molar-refractivity contribution is 6.01. The van der Waals surface area contributed by atoms with Crippen molar-refractivity contribution in [2.75, 3.05) is 6.54 Å². The lowest BCUT2D eigenvalue weighted by molar-refractivity contribution is -0.120. The summed E-state index contributed by atoms with van der Waals surface area (Å²) in [6.07, 6.45) is 5.27. The Morgan fingerprint density at radius 3 is 2.71 bits per heavy atom. The lowest BCUT2D eigenvalue weighted by atomic mass is 9.75. The van der Waals surface area contributed by atoms with E-state index in [-0.39, 0.29) is 23.5 Å². The van der Waals surface area contributed by atoms with Gasteiger partial charge in [0.2, 0.25) is 5.91 Å². The van der Waals surface area contributed by atoms with Crippen LogP contribution in [0, 0.1) is 18.3 Å². The highest BCUT2D eigenvalue weighted by Crippen LogP contribution is 2.39. The zero-order valence-corrected chi connectivity index (χ0v) is 17.7. The number of aromatic nitrogens is 3. The predicted molar refractivity (Wildman–Crippen MR) is 109 cm³/mol. The Bertz CT molecular complexity index is 860. The standard InChI is InChI=1S/C22H32N4O2/c1-15(2)14-26-16(3)17(21-18(26)12-22(4,5)13-19(21)27)11-20(28)23-8-10-25-9-6-7-24-25/h6-7,9,15H,8,10-14H2,1-5H3,(H,23,28). The number of nitrogens with zero attached hydrogens (tertiary/aromatic N) is 3. The highest BCUT2D eigenvalue weighted by Gasteiger charge is 2.37. The first-order valence-corrected chi connectivity index (χ1v) is 10.2. The molecule has 6 nitrogen and oxygen atoms in total. The summed E-state index contributed by atoms with van der Waals surface area (Å²) in [6.45, 7) is 12.8. The lowest BCUT2D eigenvalue weighted by Gasteiger charge is -2.30. The zero-order valence-electron chi connectivity index (χ0n) is 17.7. The van der Waals surface area contributed by atoms with E-state index < -0.39 is 0 Å². The van der Waals surface area contributed by atoms with Crippen LogP contribution in [0.5, 0.6) is 0 Å². The molecule has 1 amide bonds. The number of hydrogen-bond donors (Lipinski definition) is 1. The fourth-order valence-electron chi connectivity index (χ4n) is 4.20. The number of Topliss-reactive ketones (excluding diaryl/α,β-unsaturated/α-hetero) is 1. The molecule has 0 fully saturated rings. The van der Waals surface area contributed by atoms with Crippen molar-refractivity contribution in [3.8, 4) is 0 Å². The molecule has 0 saturated carbocycles. The van der Waals surface area contributed by atoms with Crippen molar-refractivity contribution in [1.82, 2.24) is 19.7 Å². The molecule has 0 atom stereocenters. The Kier molecular flexibility index (Phi) is 5.77. The van der Waals surface area contributed by atoms with E-state index in [0.717, 1.165) is 35.5 Å². The van der Waals surface area contributed by atoms with Crippen LogP contribution in [0.15, 0.2) is 18.5 Å². The number of fused-ring (bicyclic) bond motifs is 1. The van der Waals surface area contributed by atoms with Crippen LogP contribution in [0.3, 0.4) is 0 Å². The Morgan fingerprint density at radius 1 is 1.32 bits per heavy atom. The van der Waals surface area contributed by atoms with Gasteiger partial charge in [0.25, 0.3) is 0 Å². The van der Waals surface area contributed by atoms with Gasteiger partial charge in [-0.2, -0.15) is 5.10 Å². The molecular weight excluding hydrogens is 352 g/mol. The van der Waals surface area contributed by atoms with Gasteiger partial charge in [0, 0.05) is 48.9 Å². The molecule has 0 aliphatic heterocycles. The van der Waals surface area contributed by atoms with Gasteiger partial charge in [0.05, 0.1) is 13.0 Å². The molecule has 0 radical (unpaired) electrons. The summed E-state index contributed by atoms with van der Waals surface area (Å²) in [7, 11) is 0. The van der Waals surface area contributed by atoms with Crippen LogP contribution in [0.2, 0.25) is 0 Å². The number of carbonyl (C=O) groups excluding carboxylic acids is 2. The van der Waals surface area contributed by atoms with Crippen molar-refractivity contribution in [2.24, 2.45) is 11.3 Å². The van der Waals surface area contributed by atoms with Gasteiger partial charge in [0.1, 0.15) is 0 Å². The third-order valence-corrected chi connectivity index (χ3v) is 5.43. The lowest BCUT2D eigenvalue weighted by Crippen LogP contribution is -2.31. The minimum absolute atomic E-state index is 0.0348. The average molecular weight is 385 g/mol. The van der Waals surface area contributed by atoms with E-state index >= 15 is 0 Å². The zero-order chi connectivity index (χ0) is 20.5. The van der Waals surface area contributed by atoms with Crippen molar-refractivity contribution in [3.05, 3.63) is 41.0 Å². The van der Waals surface area contributed by atoms with Crippen LogP contribution in [0.25, 0.3) is 0 Å². The minimum Gasteiger partial charge on any atom is -0.354 e. The van der Waals surface area contributed by atoms with E-state index in [9.17, 15) is 9.59 Å². The van der Waals surface area contributed by atoms with Crippen molar-refractivity contribution in [1.29, 1.82) is 0 Å². The molecule has 3 rings (SSSR count). The molecule has 2 aromatic heterocycles. The summed E-state index contributed by atoms with van der Waals surface area (Å²) in [5.74, 6) is 0.611. The SMILES string of the molecule is Cc1c(CC(=O)NCCn2cccn2)c2c(n1CC(C)C)CC(C)(C)CC2=O. The quantitative estimate of drug-likeness (QED) is 0.797. The van der Waals surface area contributed by atoms with E-state index in [1.54, 1.807) is 10.9 Å². The third kappa shape index (κ3) is 4.37. The molecule has 28 heavy (non-hydrogen) atoms. The maximum atomic E-state index is 13.0. The monoisotopic (exact) mass is 384 g/mol. The number of nitrogens with one attached hydrogen (secondary N) is 1. The number of ketones is 1. The molecule has 0 saturated heterocycles. The van der Waals surface area contributed by atoms with E-state index in [2.05, 4.69) is 42.7 Å². The Balaban J connectivity index is 1.81. The molecule has 0 aromatic carbocycles. The predicted octanol–water partition coefficient (Wildman–Crippen LogP) is 3.16. The summed E-state index contributed by atoms with van der Waals surface area (Å²) in [4.78, 5) is 25.6. The summed E-state index contributed by atoms with van der Waals surface area (Å²) >= 11 is 0. The van der Waals surface area contributed by atoms with Gasteiger partial charge in [-0.05, 0) is 36.3 Å². The van der Waals surface area contributed by atoms with Gasteiger partial charge in [-0.25, -0.2) is 0 Å². The normalized spacial score (nSPS) is 15.7. The van der Waals surface area contributed by atoms with E-state index in [1.807, 2.05) is 19.2 Å². The molecule has 0 spiro atoms. The van der Waals surface area contributed by atoms with Crippen molar-refractivity contribution in [2.45, 2.75) is 67.0 Å². The summed E-state index contributed by atoms with van der Waals surface area (Å²) in [5.41, 5.74) is 3.86. The molecule has 6 heteroatoms. The molecule has 1 aliphatic carbocycles. The van der Waals surface area contributed by atoms with Crippen molar-refractivity contribution in [3.63, 3.8) is 0 Å². The van der Waals surface area contributed by atoms with Gasteiger partial charge in [-0.3, -0.25) is 14.3 Å². The van der Waals surface area contributed by atoms with Crippen LogP contribution in [0.1, 0.15) is 61.4 Å². The Morgan fingerprint density at radius 2 is 2.07 bits per heavy atom. The number of hydrogen-bond acceptors (Lipinski definition) is 3. The topological polar surface area (TPSA) is 68.9 Å².